The Morgan fingerprint density at radius 3 is 2.47 bits per heavy atom. The average Bonchev–Trinajstić information content (AvgIpc) is 2.30. The monoisotopic (exact) mass is 229 g/mol. The number of aryl methyl sites for hydroxylation is 2. The fourth-order valence-electron chi connectivity index (χ4n) is 1.91. The summed E-state index contributed by atoms with van der Waals surface area (Å²) in [5.41, 5.74) is 3.42. The molecule has 0 bridgehead atoms. The van der Waals surface area contributed by atoms with Crippen LogP contribution in [0, 0.1) is 13.8 Å². The van der Waals surface area contributed by atoms with Crippen LogP contribution in [-0.4, -0.2) is 6.54 Å². The topological polar surface area (TPSA) is 46.2 Å². The van der Waals surface area contributed by atoms with Crippen molar-refractivity contribution in [3.8, 4) is 0 Å². The van der Waals surface area contributed by atoms with Crippen molar-refractivity contribution in [2.45, 2.75) is 20.3 Å². The van der Waals surface area contributed by atoms with Crippen LogP contribution in [0.25, 0.3) is 0 Å². The van der Waals surface area contributed by atoms with Gasteiger partial charge in [0.25, 0.3) is 0 Å². The van der Waals surface area contributed by atoms with Gasteiger partial charge in [0, 0.05) is 12.6 Å². The summed E-state index contributed by atoms with van der Waals surface area (Å²) >= 11 is 0. The smallest absolute Gasteiger partial charge is 0.248 e. The lowest BCUT2D eigenvalue weighted by molar-refractivity contribution is 0.997. The van der Waals surface area contributed by atoms with Crippen LogP contribution in [0.4, 0.5) is 5.69 Å². The molecule has 0 aromatic heterocycles. The van der Waals surface area contributed by atoms with E-state index in [2.05, 4.69) is 37.4 Å². The van der Waals surface area contributed by atoms with Gasteiger partial charge in [0.15, 0.2) is 0 Å². The lowest BCUT2D eigenvalue weighted by atomic mass is 10.0. The van der Waals surface area contributed by atoms with Crippen molar-refractivity contribution in [3.63, 3.8) is 0 Å². The number of nitrogens with one attached hydrogen (secondary N) is 1. The van der Waals surface area contributed by atoms with Crippen LogP contribution in [0.3, 0.4) is 0 Å². The molecule has 0 aliphatic heterocycles. The third kappa shape index (κ3) is 2.44. The van der Waals surface area contributed by atoms with Gasteiger partial charge in [0.2, 0.25) is 10.9 Å². The lowest BCUT2D eigenvalue weighted by Crippen LogP contribution is -2.32. The van der Waals surface area contributed by atoms with Gasteiger partial charge in [0.05, 0.1) is 5.69 Å². The van der Waals surface area contributed by atoms with E-state index < -0.39 is 10.9 Å². The molecule has 0 amide bonds. The first-order valence-electron chi connectivity index (χ1n) is 5.68. The largest absolute Gasteiger partial charge is 0.381 e. The van der Waals surface area contributed by atoms with Gasteiger partial charge >= 0.3 is 0 Å². The van der Waals surface area contributed by atoms with Gasteiger partial charge in [-0.25, -0.2) is 0 Å². The number of benzene rings is 1. The van der Waals surface area contributed by atoms with Crippen molar-refractivity contribution in [1.29, 1.82) is 0 Å². The molecule has 2 rings (SSSR count). The Kier molecular flexibility index (Phi) is 3.09. The molecule has 88 valence electrons. The van der Waals surface area contributed by atoms with E-state index in [0.29, 0.717) is 12.2 Å². The number of hydrogen-bond acceptors (Lipinski definition) is 3. The normalized spacial score (nSPS) is 10.7. The average molecular weight is 229 g/mol. The van der Waals surface area contributed by atoms with Gasteiger partial charge in [-0.1, -0.05) is 23.8 Å². The summed E-state index contributed by atoms with van der Waals surface area (Å²) in [6, 6.07) is 7.69. The maximum absolute atomic E-state index is 11.0. The molecule has 0 spiro atoms. The highest BCUT2D eigenvalue weighted by Gasteiger charge is 2.08. The number of hydrogen-bond donors (Lipinski definition) is 1. The summed E-state index contributed by atoms with van der Waals surface area (Å²) in [5, 5.41) is 2.98. The highest BCUT2D eigenvalue weighted by atomic mass is 16.2. The lowest BCUT2D eigenvalue weighted by Gasteiger charge is -2.09. The van der Waals surface area contributed by atoms with Crippen LogP contribution in [-0.2, 0) is 6.42 Å². The van der Waals surface area contributed by atoms with Crippen molar-refractivity contribution in [1.82, 2.24) is 0 Å². The first-order chi connectivity index (χ1) is 8.08. The molecule has 2 aromatic carbocycles. The molecule has 0 unspecified atom stereocenters. The van der Waals surface area contributed by atoms with Crippen molar-refractivity contribution >= 4 is 5.69 Å². The molecule has 0 aliphatic rings. The van der Waals surface area contributed by atoms with Crippen LogP contribution in [0.15, 0.2) is 33.9 Å². The number of anilines is 1. The van der Waals surface area contributed by atoms with Gasteiger partial charge in [-0.05, 0) is 31.4 Å². The Hall–Kier alpha value is -1.90. The molecule has 0 radical (unpaired) electrons. The summed E-state index contributed by atoms with van der Waals surface area (Å²) < 4.78 is 0. The van der Waals surface area contributed by atoms with E-state index in [1.165, 1.54) is 22.8 Å². The van der Waals surface area contributed by atoms with E-state index in [4.69, 9.17) is 0 Å². The molecule has 3 nitrogen and oxygen atoms in total. The first kappa shape index (κ1) is 11.6. The second-order valence-electron chi connectivity index (χ2n) is 4.36. The SMILES string of the molecule is Cc1ccc(CCNc2cc(=O)c2=O)c(C)c1. The van der Waals surface area contributed by atoms with E-state index in [1.54, 1.807) is 0 Å². The van der Waals surface area contributed by atoms with Crippen molar-refractivity contribution in [3.05, 3.63) is 61.4 Å². The molecular formula is C14H15NO2. The fraction of sp³-hybridized carbons (Fsp3) is 0.286. The Labute approximate surface area is 99.8 Å². The van der Waals surface area contributed by atoms with Crippen molar-refractivity contribution < 1.29 is 0 Å². The van der Waals surface area contributed by atoms with Crippen molar-refractivity contribution in [2.24, 2.45) is 0 Å². The van der Waals surface area contributed by atoms with E-state index in [-0.39, 0.29) is 0 Å². The molecule has 0 saturated carbocycles. The van der Waals surface area contributed by atoms with Gasteiger partial charge in [-0.3, -0.25) is 9.59 Å². The summed E-state index contributed by atoms with van der Waals surface area (Å²) in [6.45, 7) is 4.83. The second kappa shape index (κ2) is 4.53. The Bertz CT molecular complexity index is 607. The summed E-state index contributed by atoms with van der Waals surface area (Å²) in [4.78, 5) is 21.7. The second-order valence-corrected chi connectivity index (χ2v) is 4.36. The summed E-state index contributed by atoms with van der Waals surface area (Å²) in [5.74, 6) is 0. The van der Waals surface area contributed by atoms with Crippen molar-refractivity contribution in [2.75, 3.05) is 11.9 Å². The Morgan fingerprint density at radius 1 is 1.12 bits per heavy atom. The van der Waals surface area contributed by atoms with Crippen LogP contribution in [0.5, 0.6) is 0 Å². The maximum Gasteiger partial charge on any atom is 0.248 e. The van der Waals surface area contributed by atoms with E-state index in [9.17, 15) is 9.59 Å². The Morgan fingerprint density at radius 2 is 1.88 bits per heavy atom. The van der Waals surface area contributed by atoms with Crippen LogP contribution in [0.2, 0.25) is 0 Å². The van der Waals surface area contributed by atoms with Crippen LogP contribution >= 0.6 is 0 Å². The molecule has 0 saturated heterocycles. The predicted molar refractivity (Wildman–Crippen MR) is 69.5 cm³/mol. The maximum atomic E-state index is 11.0. The predicted octanol–water partition coefficient (Wildman–Crippen LogP) is 1.55. The zero-order valence-electron chi connectivity index (χ0n) is 10.0. The molecule has 0 fully saturated rings. The third-order valence-electron chi connectivity index (χ3n) is 2.95. The van der Waals surface area contributed by atoms with Gasteiger partial charge in [-0.15, -0.1) is 0 Å². The highest BCUT2D eigenvalue weighted by Crippen LogP contribution is 2.11. The minimum atomic E-state index is -0.404. The van der Waals surface area contributed by atoms with E-state index in [0.717, 1.165) is 6.42 Å². The molecule has 1 N–H and O–H groups in total. The minimum absolute atomic E-state index is 0.398. The number of rotatable bonds is 4. The van der Waals surface area contributed by atoms with Gasteiger partial charge in [0.1, 0.15) is 0 Å². The minimum Gasteiger partial charge on any atom is -0.381 e. The Balaban J connectivity index is 1.93. The fourth-order valence-corrected chi connectivity index (χ4v) is 1.91. The summed E-state index contributed by atoms with van der Waals surface area (Å²) in [6.07, 6.45) is 0.852. The first-order valence-corrected chi connectivity index (χ1v) is 5.68. The highest BCUT2D eigenvalue weighted by molar-refractivity contribution is 5.47. The van der Waals surface area contributed by atoms with Gasteiger partial charge < -0.3 is 5.32 Å². The zero-order valence-corrected chi connectivity index (χ0v) is 10.0. The molecule has 0 atom stereocenters. The standard InChI is InChI=1S/C14H15NO2/c1-9-3-4-11(10(2)7-9)5-6-15-12-8-13(16)14(12)17/h3-4,7-8,15H,5-6H2,1-2H3. The van der Waals surface area contributed by atoms with Crippen LogP contribution < -0.4 is 16.2 Å². The molecule has 2 aromatic rings. The third-order valence-corrected chi connectivity index (χ3v) is 2.95. The molecule has 17 heavy (non-hydrogen) atoms. The van der Waals surface area contributed by atoms with E-state index in [1.807, 2.05) is 0 Å². The van der Waals surface area contributed by atoms with Gasteiger partial charge in [-0.2, -0.15) is 0 Å². The van der Waals surface area contributed by atoms with Crippen LogP contribution in [0.1, 0.15) is 16.7 Å². The molecule has 3 heteroatoms. The zero-order chi connectivity index (χ0) is 12.4. The quantitative estimate of drug-likeness (QED) is 0.809. The summed E-state index contributed by atoms with van der Waals surface area (Å²) in [7, 11) is 0. The molecule has 0 aliphatic carbocycles. The van der Waals surface area contributed by atoms with E-state index >= 15 is 0 Å². The molecular weight excluding hydrogens is 214 g/mol. The molecule has 0 heterocycles.